The lowest BCUT2D eigenvalue weighted by Gasteiger charge is -2.07. The van der Waals surface area contributed by atoms with Gasteiger partial charge in [0.2, 0.25) is 0 Å². The van der Waals surface area contributed by atoms with E-state index in [9.17, 15) is 9.59 Å². The van der Waals surface area contributed by atoms with Crippen LogP contribution in [0.5, 0.6) is 5.75 Å². The second kappa shape index (κ2) is 10.2. The van der Waals surface area contributed by atoms with Crippen LogP contribution < -0.4 is 10.1 Å². The number of aryl methyl sites for hydroxylation is 1. The molecule has 0 aliphatic rings. The van der Waals surface area contributed by atoms with Crippen molar-refractivity contribution in [3.05, 3.63) is 29.8 Å². The van der Waals surface area contributed by atoms with E-state index in [2.05, 4.69) is 5.32 Å². The predicted octanol–water partition coefficient (Wildman–Crippen LogP) is 1.73. The van der Waals surface area contributed by atoms with Crippen LogP contribution in [0.1, 0.15) is 24.8 Å². The molecule has 1 N–H and O–H groups in total. The SMILES string of the molecule is Cc1ccc(OCCCC(=O)OCC(=O)NCCC#N)cc1. The van der Waals surface area contributed by atoms with Crippen LogP contribution in [-0.2, 0) is 14.3 Å². The Morgan fingerprint density at radius 2 is 2.00 bits per heavy atom. The van der Waals surface area contributed by atoms with Gasteiger partial charge in [-0.1, -0.05) is 17.7 Å². The molecule has 6 nitrogen and oxygen atoms in total. The molecule has 0 fully saturated rings. The van der Waals surface area contributed by atoms with Crippen LogP contribution in [-0.4, -0.2) is 31.6 Å². The Morgan fingerprint density at radius 3 is 2.68 bits per heavy atom. The first kappa shape index (κ1) is 17.5. The van der Waals surface area contributed by atoms with Crippen LogP contribution in [0.25, 0.3) is 0 Å². The zero-order valence-corrected chi connectivity index (χ0v) is 12.6. The van der Waals surface area contributed by atoms with Gasteiger partial charge >= 0.3 is 5.97 Å². The smallest absolute Gasteiger partial charge is 0.306 e. The number of hydrogen-bond donors (Lipinski definition) is 1. The molecule has 6 heteroatoms. The van der Waals surface area contributed by atoms with E-state index < -0.39 is 11.9 Å². The number of hydrogen-bond acceptors (Lipinski definition) is 5. The summed E-state index contributed by atoms with van der Waals surface area (Å²) in [5, 5.41) is 10.8. The molecule has 0 aliphatic carbocycles. The molecule has 0 aromatic heterocycles. The highest BCUT2D eigenvalue weighted by molar-refractivity contribution is 5.80. The molecule has 0 aliphatic heterocycles. The highest BCUT2D eigenvalue weighted by atomic mass is 16.5. The van der Waals surface area contributed by atoms with Crippen molar-refractivity contribution in [2.24, 2.45) is 0 Å². The summed E-state index contributed by atoms with van der Waals surface area (Å²) in [4.78, 5) is 22.7. The first-order valence-electron chi connectivity index (χ1n) is 7.10. The van der Waals surface area contributed by atoms with E-state index in [-0.39, 0.29) is 26.0 Å². The third kappa shape index (κ3) is 7.90. The number of nitriles is 1. The lowest BCUT2D eigenvalue weighted by Crippen LogP contribution is -2.29. The van der Waals surface area contributed by atoms with Crippen molar-refractivity contribution >= 4 is 11.9 Å². The monoisotopic (exact) mass is 304 g/mol. The van der Waals surface area contributed by atoms with Gasteiger partial charge in [-0.25, -0.2) is 0 Å². The molecular weight excluding hydrogens is 284 g/mol. The van der Waals surface area contributed by atoms with Crippen LogP contribution in [0.2, 0.25) is 0 Å². The van der Waals surface area contributed by atoms with Gasteiger partial charge < -0.3 is 14.8 Å². The summed E-state index contributed by atoms with van der Waals surface area (Å²) in [5.41, 5.74) is 1.16. The number of ether oxygens (including phenoxy) is 2. The number of amides is 1. The Kier molecular flexibility index (Phi) is 8.13. The number of carbonyl (C=O) groups excluding carboxylic acids is 2. The first-order chi connectivity index (χ1) is 10.6. The third-order valence-electron chi connectivity index (χ3n) is 2.74. The molecule has 0 radical (unpaired) electrons. The summed E-state index contributed by atoms with van der Waals surface area (Å²) in [5.74, 6) is -0.0849. The fourth-order valence-corrected chi connectivity index (χ4v) is 1.57. The molecule has 0 saturated heterocycles. The van der Waals surface area contributed by atoms with E-state index in [0.29, 0.717) is 13.0 Å². The van der Waals surface area contributed by atoms with E-state index >= 15 is 0 Å². The summed E-state index contributed by atoms with van der Waals surface area (Å²) >= 11 is 0. The molecular formula is C16H20N2O4. The molecule has 0 saturated carbocycles. The van der Waals surface area contributed by atoms with Crippen molar-refractivity contribution in [2.75, 3.05) is 19.8 Å². The number of nitrogens with zero attached hydrogens (tertiary/aromatic N) is 1. The second-order valence-corrected chi connectivity index (χ2v) is 4.68. The zero-order chi connectivity index (χ0) is 16.2. The largest absolute Gasteiger partial charge is 0.494 e. The van der Waals surface area contributed by atoms with Gasteiger partial charge in [-0.05, 0) is 25.5 Å². The molecule has 0 unspecified atom stereocenters. The standard InChI is InChI=1S/C16H20N2O4/c1-13-5-7-14(8-6-13)21-11-2-4-16(20)22-12-15(19)18-10-3-9-17/h5-8H,2-4,10-12H2,1H3,(H,18,19). The Bertz CT molecular complexity index is 520. The summed E-state index contributed by atoms with van der Waals surface area (Å²) in [6.45, 7) is 2.35. The minimum atomic E-state index is -0.442. The summed E-state index contributed by atoms with van der Waals surface area (Å²) in [6, 6.07) is 9.56. The van der Waals surface area contributed by atoms with E-state index in [0.717, 1.165) is 11.3 Å². The maximum absolute atomic E-state index is 11.4. The van der Waals surface area contributed by atoms with Crippen molar-refractivity contribution in [1.29, 1.82) is 5.26 Å². The minimum absolute atomic E-state index is 0.192. The molecule has 0 heterocycles. The number of benzene rings is 1. The summed E-state index contributed by atoms with van der Waals surface area (Å²) < 4.78 is 10.3. The molecule has 22 heavy (non-hydrogen) atoms. The Morgan fingerprint density at radius 1 is 1.27 bits per heavy atom. The van der Waals surface area contributed by atoms with Crippen molar-refractivity contribution in [1.82, 2.24) is 5.32 Å². The van der Waals surface area contributed by atoms with Crippen molar-refractivity contribution < 1.29 is 19.1 Å². The minimum Gasteiger partial charge on any atom is -0.494 e. The van der Waals surface area contributed by atoms with Gasteiger partial charge in [0.15, 0.2) is 6.61 Å². The quantitative estimate of drug-likeness (QED) is 0.554. The first-order valence-corrected chi connectivity index (χ1v) is 7.10. The summed E-state index contributed by atoms with van der Waals surface area (Å²) in [7, 11) is 0. The van der Waals surface area contributed by atoms with Gasteiger partial charge in [-0.3, -0.25) is 9.59 Å². The molecule has 0 bridgehead atoms. The lowest BCUT2D eigenvalue weighted by atomic mass is 10.2. The Labute approximate surface area is 130 Å². The Balaban J connectivity index is 2.07. The van der Waals surface area contributed by atoms with E-state index in [1.807, 2.05) is 37.3 Å². The van der Waals surface area contributed by atoms with Crippen LogP contribution >= 0.6 is 0 Å². The van der Waals surface area contributed by atoms with Gasteiger partial charge in [0.1, 0.15) is 5.75 Å². The fourth-order valence-electron chi connectivity index (χ4n) is 1.57. The lowest BCUT2D eigenvalue weighted by molar-refractivity contribution is -0.148. The average Bonchev–Trinajstić information content (AvgIpc) is 2.51. The number of nitrogens with one attached hydrogen (secondary N) is 1. The normalized spacial score (nSPS) is 9.64. The van der Waals surface area contributed by atoms with Gasteiger partial charge in [0.25, 0.3) is 5.91 Å². The van der Waals surface area contributed by atoms with Gasteiger partial charge in [0.05, 0.1) is 19.1 Å². The van der Waals surface area contributed by atoms with Crippen molar-refractivity contribution in [2.45, 2.75) is 26.2 Å². The van der Waals surface area contributed by atoms with Crippen LogP contribution in [0, 0.1) is 18.3 Å². The molecule has 118 valence electrons. The maximum Gasteiger partial charge on any atom is 0.306 e. The molecule has 1 aromatic carbocycles. The number of carbonyl (C=O) groups is 2. The van der Waals surface area contributed by atoms with Gasteiger partial charge in [-0.15, -0.1) is 0 Å². The zero-order valence-electron chi connectivity index (χ0n) is 12.6. The number of rotatable bonds is 9. The number of esters is 1. The molecule has 0 spiro atoms. The maximum atomic E-state index is 11.4. The second-order valence-electron chi connectivity index (χ2n) is 4.68. The third-order valence-corrected chi connectivity index (χ3v) is 2.74. The summed E-state index contributed by atoms with van der Waals surface area (Å²) in [6.07, 6.45) is 0.941. The topological polar surface area (TPSA) is 88.4 Å². The van der Waals surface area contributed by atoms with Gasteiger partial charge in [-0.2, -0.15) is 5.26 Å². The van der Waals surface area contributed by atoms with E-state index in [1.54, 1.807) is 0 Å². The Hall–Kier alpha value is -2.55. The highest BCUT2D eigenvalue weighted by Gasteiger charge is 2.07. The van der Waals surface area contributed by atoms with Gasteiger partial charge in [0, 0.05) is 13.0 Å². The van der Waals surface area contributed by atoms with E-state index in [1.165, 1.54) is 0 Å². The molecule has 1 aromatic rings. The van der Waals surface area contributed by atoms with Crippen LogP contribution in [0.4, 0.5) is 0 Å². The molecule has 1 rings (SSSR count). The van der Waals surface area contributed by atoms with Crippen molar-refractivity contribution in [3.8, 4) is 11.8 Å². The highest BCUT2D eigenvalue weighted by Crippen LogP contribution is 2.11. The molecule has 0 atom stereocenters. The van der Waals surface area contributed by atoms with Crippen LogP contribution in [0.15, 0.2) is 24.3 Å². The average molecular weight is 304 g/mol. The van der Waals surface area contributed by atoms with E-state index in [4.69, 9.17) is 14.7 Å². The van der Waals surface area contributed by atoms with Crippen LogP contribution in [0.3, 0.4) is 0 Å². The molecule has 1 amide bonds. The predicted molar refractivity (Wildman–Crippen MR) is 80.1 cm³/mol. The van der Waals surface area contributed by atoms with Crippen molar-refractivity contribution in [3.63, 3.8) is 0 Å². The fraction of sp³-hybridized carbons (Fsp3) is 0.438.